The summed E-state index contributed by atoms with van der Waals surface area (Å²) in [6.45, 7) is 42.3. The van der Waals surface area contributed by atoms with Crippen LogP contribution < -0.4 is 35.3 Å². The molecule has 8 aliphatic heterocycles. The lowest BCUT2D eigenvalue weighted by molar-refractivity contribution is -0.133. The van der Waals surface area contributed by atoms with Crippen LogP contribution in [0.3, 0.4) is 0 Å². The highest BCUT2D eigenvalue weighted by Crippen LogP contribution is 2.52. The molecule has 0 saturated carbocycles. The number of likely N-dealkylation sites (N-methyl/N-ethyl adjacent to an activating group) is 6. The van der Waals surface area contributed by atoms with Crippen LogP contribution in [0.2, 0.25) is 0 Å². The molecule has 4 N–H and O–H groups in total. The van der Waals surface area contributed by atoms with Crippen molar-refractivity contribution in [3.8, 4) is 23.0 Å². The van der Waals surface area contributed by atoms with Gasteiger partial charge in [0.25, 0.3) is 0 Å². The number of nitrogens with one attached hydrogen (secondary N) is 2. The molecule has 4 aromatic rings. The van der Waals surface area contributed by atoms with Crippen molar-refractivity contribution in [3.63, 3.8) is 0 Å². The predicted molar refractivity (Wildman–Crippen MR) is 503 cm³/mol. The molecule has 11 atom stereocenters. The van der Waals surface area contributed by atoms with Crippen LogP contribution in [0.4, 0.5) is 14.4 Å². The number of ether oxygens (including phenoxy) is 7. The Labute approximate surface area is 753 Å². The van der Waals surface area contributed by atoms with Gasteiger partial charge in [0, 0.05) is 105 Å². The summed E-state index contributed by atoms with van der Waals surface area (Å²) in [5, 5.41) is 7.51. The fourth-order valence-corrected chi connectivity index (χ4v) is 23.4. The number of fused-ring (bicyclic) bond motifs is 16. The number of carbonyl (C=O) groups is 4. The van der Waals surface area contributed by atoms with E-state index in [0.29, 0.717) is 59.8 Å². The summed E-state index contributed by atoms with van der Waals surface area (Å²) in [5.41, 5.74) is 15.8. The minimum atomic E-state index is -0.437. The van der Waals surface area contributed by atoms with Crippen LogP contribution in [-0.4, -0.2) is 303 Å². The summed E-state index contributed by atoms with van der Waals surface area (Å²) < 4.78 is 38.5. The molecule has 698 valence electrons. The molecule has 8 fully saturated rings. The second-order valence-electron chi connectivity index (χ2n) is 42.8. The minimum absolute atomic E-state index is 0. The predicted octanol–water partition coefficient (Wildman–Crippen LogP) is 14.5. The van der Waals surface area contributed by atoms with Crippen molar-refractivity contribution in [2.75, 3.05) is 175 Å². The molecule has 0 spiro atoms. The van der Waals surface area contributed by atoms with E-state index in [4.69, 9.17) is 38.9 Å². The van der Waals surface area contributed by atoms with Crippen molar-refractivity contribution in [1.29, 1.82) is 0 Å². The van der Waals surface area contributed by atoms with Gasteiger partial charge in [-0.3, -0.25) is 9.69 Å². The fourth-order valence-electron chi connectivity index (χ4n) is 23.4. The quantitative estimate of drug-likeness (QED) is 0.100. The van der Waals surface area contributed by atoms with E-state index in [0.717, 1.165) is 191 Å². The van der Waals surface area contributed by atoms with Crippen molar-refractivity contribution >= 4 is 24.1 Å². The molecule has 8 bridgehead atoms. The van der Waals surface area contributed by atoms with Crippen molar-refractivity contribution in [1.82, 2.24) is 54.7 Å². The van der Waals surface area contributed by atoms with Gasteiger partial charge in [-0.1, -0.05) is 52.5 Å². The Bertz CT molecular complexity index is 4250. The Balaban J connectivity index is 0.000000156. The van der Waals surface area contributed by atoms with Crippen molar-refractivity contribution < 1.29 is 52.3 Å². The highest BCUT2D eigenvalue weighted by molar-refractivity contribution is 5.97. The second kappa shape index (κ2) is 41.1. The number of nitrogens with two attached hydrogens (primary N) is 1. The highest BCUT2D eigenvalue weighted by atomic mass is 16.6. The molecule has 23 nitrogen and oxygen atoms in total. The number of nitrogens with zero attached hydrogens (tertiary/aromatic N) is 9. The van der Waals surface area contributed by atoms with Crippen LogP contribution >= 0.6 is 0 Å². The first-order chi connectivity index (χ1) is 58.6. The van der Waals surface area contributed by atoms with Gasteiger partial charge >= 0.3 is 18.3 Å². The molecular weight excluding hydrogens is 1570 g/mol. The Morgan fingerprint density at radius 1 is 0.440 bits per heavy atom. The normalized spacial score (nSPS) is 28.4. The van der Waals surface area contributed by atoms with Gasteiger partial charge in [0.05, 0.1) is 39.9 Å². The average molecular weight is 1730 g/mol. The van der Waals surface area contributed by atoms with Gasteiger partial charge in [0.2, 0.25) is 0 Å². The molecule has 8 saturated heterocycles. The van der Waals surface area contributed by atoms with Gasteiger partial charge in [0.1, 0.15) is 39.8 Å². The van der Waals surface area contributed by atoms with Crippen molar-refractivity contribution in [2.45, 2.75) is 281 Å². The zero-order valence-electron chi connectivity index (χ0n) is 80.5. The maximum atomic E-state index is 12.6. The number of carbonyl (C=O) groups excluding carboxylic acids is 4. The van der Waals surface area contributed by atoms with E-state index in [1.165, 1.54) is 89.9 Å². The summed E-state index contributed by atoms with van der Waals surface area (Å²) in [7, 11) is 20.6. The Hall–Kier alpha value is -6.80. The van der Waals surface area contributed by atoms with E-state index in [1.54, 1.807) is 33.3 Å². The standard InChI is InChI=1S/C27H43N3O3.C26H41N3O3.C22H35N3O.C15H19NO2.C11H22N2O2.CH4/c1-26(2,3)33-25(31)30-13-10-19(11-14-30)18-29(6)24-23-16-20-8-9-21(32-7)17-22(20)27(24,4)12-15-28(23)5;1-25(2,3)32-24(30)29-12-9-18(10-13-29)17-27-23-22-15-19-7-8-20(31-6)16-21(19)26(23,4)11-14-28(22)5;1-22-9-12-24(2)20(13-17-5-6-18(26-4)14-19(17)22)21(22)25(3)15-16-7-10-23-11-8-16;1-15-6-7-16(2)13(14(15)17)8-10-4-5-11(18-3)9-12(10)15;1-11(2,3)15-10(14)13-6-4-9(8-12)5-7-13;/h8-9,17,19,23-24H,10-16,18H2,1-7H3;7-8,16,18,22-23,27H,9-15,17H2,1-6H3;5-6,14,16,20-21,23H,7-13,15H2,1-4H3;4-5,9,13H,6-8H2,1-3H3;9H,4-8,12H2,1-3H3;1H4/t23-,24+,27-;22-,23?,26-;20-,21+,22-;13-,15-;;/m1111../s1. The molecule has 12 aliphatic rings. The Kier molecular flexibility index (Phi) is 32.5. The van der Waals surface area contributed by atoms with Crippen LogP contribution in [0.15, 0.2) is 72.8 Å². The molecule has 16 rings (SSSR count). The SMILES string of the molecule is C.CC(C)(C)OC(=O)N1CCC(CN)CC1.COc1ccc2c(c1)[C@@]1(C)CCN(C)[C@H](C2)C1=O.COc1ccc2c(c1)[C@@]1(C)CCN(C)[C@H](C2)C1NCC1CCN(C(=O)OC(C)(C)C)CC1.COc1ccc2c(c1)[C@@]1(C)CCN(C)[C@H](C2)[C@@H]1N(C)CC1CCN(C(=O)OC(C)(C)C)CC1.COc1ccc2c(c1)[C@@]1(C)CCN(C)[C@H](C2)[C@@H]1N(C)CC1CCNCC1. The lowest BCUT2D eigenvalue weighted by Crippen LogP contribution is -2.66. The van der Waals surface area contributed by atoms with Gasteiger partial charge < -0.3 is 88.7 Å². The molecule has 4 aliphatic carbocycles. The number of benzene rings is 4. The lowest BCUT2D eigenvalue weighted by atomic mass is 9.61. The van der Waals surface area contributed by atoms with Crippen LogP contribution in [0, 0.1) is 23.7 Å². The zero-order chi connectivity index (χ0) is 89.8. The largest absolute Gasteiger partial charge is 0.497 e. The number of piperidine rings is 8. The van der Waals surface area contributed by atoms with Gasteiger partial charge in [-0.25, -0.2) is 14.4 Å². The number of hydrogen-bond donors (Lipinski definition) is 3. The summed E-state index contributed by atoms with van der Waals surface area (Å²) >= 11 is 0. The number of ketones is 1. The van der Waals surface area contributed by atoms with Crippen molar-refractivity contribution in [3.05, 3.63) is 117 Å². The van der Waals surface area contributed by atoms with E-state index in [-0.39, 0.29) is 53.4 Å². The third-order valence-electron chi connectivity index (χ3n) is 30.8. The van der Waals surface area contributed by atoms with Crippen LogP contribution in [-0.2, 0) is 66.3 Å². The first kappa shape index (κ1) is 98.8. The number of rotatable bonds is 14. The van der Waals surface area contributed by atoms with Gasteiger partial charge in [0.15, 0.2) is 5.78 Å². The third kappa shape index (κ3) is 22.8. The van der Waals surface area contributed by atoms with Crippen LogP contribution in [0.1, 0.15) is 219 Å². The second-order valence-corrected chi connectivity index (χ2v) is 42.8. The van der Waals surface area contributed by atoms with Gasteiger partial charge in [-0.15, -0.1) is 0 Å². The van der Waals surface area contributed by atoms with Crippen LogP contribution in [0.5, 0.6) is 23.0 Å². The summed E-state index contributed by atoms with van der Waals surface area (Å²) in [5.74, 6) is 6.74. The average Bonchev–Trinajstić information content (AvgIpc) is 0.749. The van der Waals surface area contributed by atoms with Gasteiger partial charge in [-0.05, 0) is 383 Å². The number of amides is 3. The summed E-state index contributed by atoms with van der Waals surface area (Å²) in [6, 6.07) is 29.4. The van der Waals surface area contributed by atoms with E-state index in [9.17, 15) is 19.2 Å². The third-order valence-corrected chi connectivity index (χ3v) is 30.8. The zero-order valence-corrected chi connectivity index (χ0v) is 80.5. The van der Waals surface area contributed by atoms with Crippen LogP contribution in [0.25, 0.3) is 0 Å². The molecule has 0 radical (unpaired) electrons. The summed E-state index contributed by atoms with van der Waals surface area (Å²) in [6.07, 6.45) is 16.8. The van der Waals surface area contributed by atoms with E-state index < -0.39 is 16.8 Å². The topological polar surface area (TPSA) is 212 Å². The van der Waals surface area contributed by atoms with E-state index in [2.05, 4.69) is 177 Å². The molecule has 0 aromatic heterocycles. The fraction of sp³-hybridized carbons (Fsp3) is 0.725. The lowest BCUT2D eigenvalue weighted by Gasteiger charge is -2.58. The van der Waals surface area contributed by atoms with Crippen molar-refractivity contribution in [2.24, 2.45) is 29.4 Å². The maximum Gasteiger partial charge on any atom is 0.410 e. The Morgan fingerprint density at radius 3 is 1.15 bits per heavy atom. The molecule has 3 amide bonds. The molecule has 1 unspecified atom stereocenters. The summed E-state index contributed by atoms with van der Waals surface area (Å²) in [4.78, 5) is 69.9. The van der Waals surface area contributed by atoms with Gasteiger partial charge in [-0.2, -0.15) is 0 Å². The number of Topliss-reactive ketones (excluding diaryl/α,β-unsaturated/α-hetero) is 1. The first-order valence-electron chi connectivity index (χ1n) is 47.2. The first-order valence-corrected chi connectivity index (χ1v) is 47.2. The smallest absolute Gasteiger partial charge is 0.410 e. The maximum absolute atomic E-state index is 12.6. The van der Waals surface area contributed by atoms with E-state index >= 15 is 0 Å². The number of hydrogen-bond acceptors (Lipinski definition) is 20. The number of methoxy groups -OCH3 is 4. The molecule has 4 aromatic carbocycles. The molecule has 8 heterocycles. The Morgan fingerprint density at radius 2 is 0.768 bits per heavy atom. The molecule has 125 heavy (non-hydrogen) atoms. The highest BCUT2D eigenvalue weighted by Gasteiger charge is 2.56. The molecule has 23 heteroatoms. The van der Waals surface area contributed by atoms with E-state index in [1.807, 2.05) is 78.2 Å². The molecular formula is C102H164N12O11. The minimum Gasteiger partial charge on any atom is -0.497 e. The monoisotopic (exact) mass is 1730 g/mol. The number of likely N-dealkylation sites (tertiary alicyclic amines) is 7.